The zero-order chi connectivity index (χ0) is 20.1. The molecule has 0 saturated carbocycles. The number of methoxy groups -OCH3 is 1. The molecular formula is C21H22N6O2. The number of pyridine rings is 1. The Morgan fingerprint density at radius 1 is 0.897 bits per heavy atom. The molecule has 3 aromatic rings. The Hall–Kier alpha value is -3.68. The van der Waals surface area contributed by atoms with Gasteiger partial charge in [0.15, 0.2) is 11.5 Å². The molecule has 1 aromatic carbocycles. The fourth-order valence-corrected chi connectivity index (χ4v) is 3.25. The molecule has 1 N–H and O–H groups in total. The maximum atomic E-state index is 12.5. The van der Waals surface area contributed by atoms with Crippen LogP contribution in [0.3, 0.4) is 0 Å². The third-order valence-electron chi connectivity index (χ3n) is 4.82. The first-order chi connectivity index (χ1) is 14.2. The van der Waals surface area contributed by atoms with Crippen LogP contribution < -0.4 is 19.9 Å². The van der Waals surface area contributed by atoms with Gasteiger partial charge >= 0.3 is 0 Å². The molecule has 0 aliphatic carbocycles. The summed E-state index contributed by atoms with van der Waals surface area (Å²) in [6.07, 6.45) is 1.81. The van der Waals surface area contributed by atoms with Gasteiger partial charge in [0.1, 0.15) is 11.6 Å². The Bertz CT molecular complexity index is 956. The van der Waals surface area contributed by atoms with E-state index >= 15 is 0 Å². The van der Waals surface area contributed by atoms with Gasteiger partial charge in [-0.2, -0.15) is 0 Å². The maximum absolute atomic E-state index is 12.5. The Morgan fingerprint density at radius 2 is 1.62 bits per heavy atom. The third-order valence-corrected chi connectivity index (χ3v) is 4.82. The summed E-state index contributed by atoms with van der Waals surface area (Å²) in [4.78, 5) is 21.3. The van der Waals surface area contributed by atoms with Crippen molar-refractivity contribution in [3.63, 3.8) is 0 Å². The number of aromatic nitrogens is 3. The van der Waals surface area contributed by atoms with Crippen LogP contribution in [0.2, 0.25) is 0 Å². The van der Waals surface area contributed by atoms with Gasteiger partial charge in [-0.3, -0.25) is 4.79 Å². The van der Waals surface area contributed by atoms with E-state index in [4.69, 9.17) is 4.74 Å². The van der Waals surface area contributed by atoms with E-state index in [1.807, 2.05) is 42.6 Å². The van der Waals surface area contributed by atoms with Crippen LogP contribution in [0.5, 0.6) is 5.75 Å². The first kappa shape index (κ1) is 18.7. The number of benzene rings is 1. The molecular weight excluding hydrogens is 368 g/mol. The van der Waals surface area contributed by atoms with E-state index in [0.29, 0.717) is 11.4 Å². The van der Waals surface area contributed by atoms with Gasteiger partial charge in [-0.25, -0.2) is 4.98 Å². The molecule has 29 heavy (non-hydrogen) atoms. The van der Waals surface area contributed by atoms with Crippen molar-refractivity contribution >= 4 is 23.2 Å². The number of carbonyl (C=O) groups is 1. The molecule has 1 amide bonds. The zero-order valence-electron chi connectivity index (χ0n) is 16.2. The molecule has 148 valence electrons. The van der Waals surface area contributed by atoms with Crippen molar-refractivity contribution in [2.75, 3.05) is 48.4 Å². The Balaban J connectivity index is 1.37. The molecule has 8 heteroatoms. The van der Waals surface area contributed by atoms with Gasteiger partial charge in [0, 0.05) is 32.4 Å². The lowest BCUT2D eigenvalue weighted by atomic mass is 10.2. The summed E-state index contributed by atoms with van der Waals surface area (Å²) >= 11 is 0. The largest absolute Gasteiger partial charge is 0.495 e. The number of amides is 1. The zero-order valence-corrected chi connectivity index (χ0v) is 16.2. The van der Waals surface area contributed by atoms with E-state index in [9.17, 15) is 4.79 Å². The molecule has 8 nitrogen and oxygen atoms in total. The van der Waals surface area contributed by atoms with Gasteiger partial charge in [0.2, 0.25) is 0 Å². The minimum Gasteiger partial charge on any atom is -0.495 e. The van der Waals surface area contributed by atoms with Crippen LogP contribution in [0.4, 0.5) is 17.3 Å². The van der Waals surface area contributed by atoms with E-state index < -0.39 is 0 Å². The molecule has 0 spiro atoms. The van der Waals surface area contributed by atoms with Gasteiger partial charge < -0.3 is 19.9 Å². The smallest absolute Gasteiger partial charge is 0.276 e. The Morgan fingerprint density at radius 3 is 2.28 bits per heavy atom. The standard InChI is InChI=1S/C21H22N6O2/c1-29-18-7-3-2-6-16(18)23-21(28)17-9-10-20(25-24-17)27-14-12-26(13-15-27)19-8-4-5-11-22-19/h2-11H,12-15H2,1H3,(H,23,28). The van der Waals surface area contributed by atoms with E-state index in [1.54, 1.807) is 25.3 Å². The molecule has 0 atom stereocenters. The van der Waals surface area contributed by atoms with E-state index in [1.165, 1.54) is 0 Å². The quantitative estimate of drug-likeness (QED) is 0.716. The van der Waals surface area contributed by atoms with Crippen molar-refractivity contribution < 1.29 is 9.53 Å². The van der Waals surface area contributed by atoms with Crippen LogP contribution in [-0.4, -0.2) is 54.4 Å². The highest BCUT2D eigenvalue weighted by atomic mass is 16.5. The average molecular weight is 390 g/mol. The lowest BCUT2D eigenvalue weighted by molar-refractivity contribution is 0.102. The normalized spacial score (nSPS) is 13.8. The van der Waals surface area contributed by atoms with Crippen molar-refractivity contribution in [2.24, 2.45) is 0 Å². The van der Waals surface area contributed by atoms with Gasteiger partial charge in [-0.1, -0.05) is 18.2 Å². The topological polar surface area (TPSA) is 83.5 Å². The molecule has 4 rings (SSSR count). The minimum absolute atomic E-state index is 0.256. The number of carbonyl (C=O) groups excluding carboxylic acids is 1. The number of nitrogens with zero attached hydrogens (tertiary/aromatic N) is 5. The van der Waals surface area contributed by atoms with Crippen LogP contribution >= 0.6 is 0 Å². The number of anilines is 3. The lowest BCUT2D eigenvalue weighted by Gasteiger charge is -2.35. The predicted octanol–water partition coefficient (Wildman–Crippen LogP) is 2.46. The number of rotatable bonds is 5. The molecule has 0 bridgehead atoms. The summed E-state index contributed by atoms with van der Waals surface area (Å²) < 4.78 is 5.26. The third kappa shape index (κ3) is 4.26. The van der Waals surface area contributed by atoms with Crippen LogP contribution in [0, 0.1) is 0 Å². The Labute approximate surface area is 169 Å². The van der Waals surface area contributed by atoms with E-state index in [0.717, 1.165) is 37.8 Å². The maximum Gasteiger partial charge on any atom is 0.276 e. The summed E-state index contributed by atoms with van der Waals surface area (Å²) in [7, 11) is 1.56. The van der Waals surface area contributed by atoms with Crippen LogP contribution in [0.1, 0.15) is 10.5 Å². The highest BCUT2D eigenvalue weighted by Crippen LogP contribution is 2.23. The number of para-hydroxylation sites is 2. The number of ether oxygens (including phenoxy) is 1. The van der Waals surface area contributed by atoms with Gasteiger partial charge in [0.25, 0.3) is 5.91 Å². The monoisotopic (exact) mass is 390 g/mol. The number of piperazine rings is 1. The van der Waals surface area contributed by atoms with Crippen molar-refractivity contribution in [2.45, 2.75) is 0 Å². The summed E-state index contributed by atoms with van der Waals surface area (Å²) in [5.41, 5.74) is 0.850. The SMILES string of the molecule is COc1ccccc1NC(=O)c1ccc(N2CCN(c3ccccn3)CC2)nn1. The second-order valence-corrected chi connectivity index (χ2v) is 6.59. The van der Waals surface area contributed by atoms with Crippen LogP contribution in [0.15, 0.2) is 60.8 Å². The molecule has 1 saturated heterocycles. The van der Waals surface area contributed by atoms with Gasteiger partial charge in [0.05, 0.1) is 12.8 Å². The molecule has 1 aliphatic rings. The highest BCUT2D eigenvalue weighted by Gasteiger charge is 2.20. The average Bonchev–Trinajstić information content (AvgIpc) is 2.80. The highest BCUT2D eigenvalue weighted by molar-refractivity contribution is 6.03. The lowest BCUT2D eigenvalue weighted by Crippen LogP contribution is -2.47. The van der Waals surface area contributed by atoms with Gasteiger partial charge in [-0.05, 0) is 36.4 Å². The van der Waals surface area contributed by atoms with Gasteiger partial charge in [-0.15, -0.1) is 10.2 Å². The number of nitrogens with one attached hydrogen (secondary N) is 1. The number of hydrogen-bond acceptors (Lipinski definition) is 7. The fraction of sp³-hybridized carbons (Fsp3) is 0.238. The van der Waals surface area contributed by atoms with Crippen molar-refractivity contribution in [3.05, 3.63) is 66.5 Å². The second kappa shape index (κ2) is 8.55. The fourth-order valence-electron chi connectivity index (χ4n) is 3.25. The van der Waals surface area contributed by atoms with E-state index in [-0.39, 0.29) is 11.6 Å². The summed E-state index contributed by atoms with van der Waals surface area (Å²) in [5, 5.41) is 11.2. The minimum atomic E-state index is -0.325. The van der Waals surface area contributed by atoms with Crippen molar-refractivity contribution in [1.29, 1.82) is 0 Å². The predicted molar refractivity (Wildman–Crippen MR) is 112 cm³/mol. The summed E-state index contributed by atoms with van der Waals surface area (Å²) in [5.74, 6) is 2.02. The molecule has 0 unspecified atom stereocenters. The second-order valence-electron chi connectivity index (χ2n) is 6.59. The molecule has 1 fully saturated rings. The molecule has 2 aromatic heterocycles. The first-order valence-corrected chi connectivity index (χ1v) is 9.43. The van der Waals surface area contributed by atoms with Crippen LogP contribution in [0.25, 0.3) is 0 Å². The summed E-state index contributed by atoms with van der Waals surface area (Å²) in [6, 6.07) is 16.7. The molecule has 0 radical (unpaired) electrons. The van der Waals surface area contributed by atoms with Crippen molar-refractivity contribution in [1.82, 2.24) is 15.2 Å². The Kier molecular flexibility index (Phi) is 5.51. The molecule has 3 heterocycles. The molecule has 1 aliphatic heterocycles. The first-order valence-electron chi connectivity index (χ1n) is 9.43. The summed E-state index contributed by atoms with van der Waals surface area (Å²) in [6.45, 7) is 3.35. The van der Waals surface area contributed by atoms with Crippen LogP contribution in [-0.2, 0) is 0 Å². The van der Waals surface area contributed by atoms with E-state index in [2.05, 4.69) is 30.3 Å². The number of hydrogen-bond donors (Lipinski definition) is 1. The van der Waals surface area contributed by atoms with Crippen molar-refractivity contribution in [3.8, 4) is 5.75 Å².